The number of nitrogens with zero attached hydrogens (tertiary/aromatic N) is 2. The number of methoxy groups -OCH3 is 2. The second-order valence-corrected chi connectivity index (χ2v) is 11.2. The molecular weight excluding hydrogens is 464 g/mol. The van der Waals surface area contributed by atoms with Crippen molar-refractivity contribution in [3.63, 3.8) is 0 Å². The van der Waals surface area contributed by atoms with Gasteiger partial charge in [0.25, 0.3) is 5.56 Å². The van der Waals surface area contributed by atoms with Crippen molar-refractivity contribution in [3.8, 4) is 22.6 Å². The molecule has 0 atom stereocenters. The Kier molecular flexibility index (Phi) is 7.12. The van der Waals surface area contributed by atoms with Gasteiger partial charge in [0.15, 0.2) is 11.5 Å². The average Bonchev–Trinajstić information content (AvgIpc) is 3.24. The first-order valence-corrected chi connectivity index (χ1v) is 12.7. The van der Waals surface area contributed by atoms with Gasteiger partial charge in [-0.15, -0.1) is 11.3 Å². The van der Waals surface area contributed by atoms with Gasteiger partial charge < -0.3 is 23.7 Å². The lowest BCUT2D eigenvalue weighted by Gasteiger charge is -2.33. The van der Waals surface area contributed by atoms with Crippen LogP contribution >= 0.6 is 11.3 Å². The second-order valence-electron chi connectivity index (χ2n) is 10.1. The van der Waals surface area contributed by atoms with Gasteiger partial charge in [0.1, 0.15) is 5.60 Å². The molecule has 0 radical (unpaired) electrons. The van der Waals surface area contributed by atoms with Crippen LogP contribution in [0.25, 0.3) is 21.2 Å². The number of amides is 1. The Morgan fingerprint density at radius 1 is 1.09 bits per heavy atom. The number of fused-ring (bicyclic) bond motifs is 1. The van der Waals surface area contributed by atoms with E-state index in [0.717, 1.165) is 40.5 Å². The van der Waals surface area contributed by atoms with Crippen LogP contribution in [0.2, 0.25) is 0 Å². The van der Waals surface area contributed by atoms with E-state index in [1.54, 1.807) is 42.1 Å². The van der Waals surface area contributed by atoms with Crippen LogP contribution in [0, 0.1) is 5.92 Å². The van der Waals surface area contributed by atoms with Gasteiger partial charge in [-0.05, 0) is 69.7 Å². The Morgan fingerprint density at radius 2 is 1.77 bits per heavy atom. The molecule has 8 heteroatoms. The third kappa shape index (κ3) is 5.48. The molecule has 35 heavy (non-hydrogen) atoms. The Bertz CT molecular complexity index is 1280. The lowest BCUT2D eigenvalue weighted by Crippen LogP contribution is -2.42. The first-order valence-electron chi connectivity index (χ1n) is 11.9. The van der Waals surface area contributed by atoms with Crippen LogP contribution in [0.5, 0.6) is 11.5 Å². The number of pyridine rings is 1. The molecule has 4 rings (SSSR count). The van der Waals surface area contributed by atoms with Gasteiger partial charge in [0.05, 0.1) is 19.6 Å². The number of aryl methyl sites for hydroxylation is 1. The lowest BCUT2D eigenvalue weighted by atomic mass is 9.93. The second kappa shape index (κ2) is 9.93. The van der Waals surface area contributed by atoms with E-state index in [0.29, 0.717) is 30.5 Å². The SMILES string of the molecule is COc1ccc(-c2cn(C)c(=O)c3cc(CC4CCN(C(=O)OC(C)(C)C)CC4)sc23)cc1OC. The predicted molar refractivity (Wildman–Crippen MR) is 140 cm³/mol. The fourth-order valence-electron chi connectivity index (χ4n) is 4.54. The highest BCUT2D eigenvalue weighted by Gasteiger charge is 2.27. The summed E-state index contributed by atoms with van der Waals surface area (Å²) in [5, 5.41) is 0.742. The predicted octanol–water partition coefficient (Wildman–Crippen LogP) is 5.47. The number of carbonyl (C=O) groups excluding carboxylic acids is 1. The maximum Gasteiger partial charge on any atom is 0.410 e. The Balaban J connectivity index is 1.56. The molecule has 1 aliphatic rings. The first-order chi connectivity index (χ1) is 16.6. The number of piperidine rings is 1. The van der Waals surface area contributed by atoms with Gasteiger partial charge in [-0.3, -0.25) is 4.79 Å². The topological polar surface area (TPSA) is 70.0 Å². The van der Waals surface area contributed by atoms with E-state index >= 15 is 0 Å². The van der Waals surface area contributed by atoms with Crippen LogP contribution in [0.15, 0.2) is 35.3 Å². The Morgan fingerprint density at radius 3 is 2.40 bits per heavy atom. The molecule has 1 fully saturated rings. The van der Waals surface area contributed by atoms with Crippen molar-refractivity contribution in [2.45, 2.75) is 45.6 Å². The number of ether oxygens (including phenoxy) is 3. The van der Waals surface area contributed by atoms with Crippen molar-refractivity contribution in [3.05, 3.63) is 45.7 Å². The van der Waals surface area contributed by atoms with Crippen LogP contribution in [-0.4, -0.2) is 48.5 Å². The van der Waals surface area contributed by atoms with Crippen molar-refractivity contribution in [1.29, 1.82) is 0 Å². The maximum atomic E-state index is 12.9. The standard InChI is InChI=1S/C27H34N2O5S/c1-27(2,3)34-26(31)29-11-9-17(10-12-29)13-19-15-20-24(35-19)21(16-28(4)25(20)30)18-7-8-22(32-5)23(14-18)33-6/h7-8,14-17H,9-13H2,1-6H3. The molecule has 0 aliphatic carbocycles. The minimum atomic E-state index is -0.483. The Labute approximate surface area is 210 Å². The molecule has 0 spiro atoms. The summed E-state index contributed by atoms with van der Waals surface area (Å²) in [4.78, 5) is 28.3. The molecule has 2 aromatic heterocycles. The minimum absolute atomic E-state index is 0.00599. The number of likely N-dealkylation sites (tertiary alicyclic amines) is 1. The largest absolute Gasteiger partial charge is 0.493 e. The van der Waals surface area contributed by atoms with E-state index in [2.05, 4.69) is 0 Å². The molecule has 3 aromatic rings. The van der Waals surface area contributed by atoms with Gasteiger partial charge in [0.2, 0.25) is 0 Å². The van der Waals surface area contributed by atoms with Crippen LogP contribution in [-0.2, 0) is 18.2 Å². The molecule has 3 heterocycles. The fourth-order valence-corrected chi connectivity index (χ4v) is 5.84. The molecular formula is C27H34N2O5S. The summed E-state index contributed by atoms with van der Waals surface area (Å²) in [6.45, 7) is 7.06. The monoisotopic (exact) mass is 498 g/mol. The zero-order chi connectivity index (χ0) is 25.3. The zero-order valence-electron chi connectivity index (χ0n) is 21.3. The Hall–Kier alpha value is -3.00. The summed E-state index contributed by atoms with van der Waals surface area (Å²) in [5.74, 6) is 1.79. The van der Waals surface area contributed by atoms with E-state index in [4.69, 9.17) is 14.2 Å². The molecule has 1 aliphatic heterocycles. The van der Waals surface area contributed by atoms with Crippen LogP contribution < -0.4 is 15.0 Å². The van der Waals surface area contributed by atoms with Gasteiger partial charge in [-0.1, -0.05) is 6.07 Å². The number of rotatable bonds is 5. The van der Waals surface area contributed by atoms with E-state index in [1.165, 1.54) is 4.88 Å². The van der Waals surface area contributed by atoms with Crippen molar-refractivity contribution in [2.75, 3.05) is 27.3 Å². The van der Waals surface area contributed by atoms with E-state index in [9.17, 15) is 9.59 Å². The summed E-state index contributed by atoms with van der Waals surface area (Å²) < 4.78 is 19.0. The van der Waals surface area contributed by atoms with Gasteiger partial charge in [-0.25, -0.2) is 4.79 Å². The van der Waals surface area contributed by atoms with Crippen LogP contribution in [0.1, 0.15) is 38.5 Å². The highest BCUT2D eigenvalue weighted by molar-refractivity contribution is 7.19. The number of thiophene rings is 1. The zero-order valence-corrected chi connectivity index (χ0v) is 22.2. The normalized spacial score (nSPS) is 14.9. The van der Waals surface area contributed by atoms with E-state index in [1.807, 2.05) is 51.2 Å². The average molecular weight is 499 g/mol. The smallest absolute Gasteiger partial charge is 0.410 e. The molecule has 0 unspecified atom stereocenters. The molecule has 0 N–H and O–H groups in total. The number of benzene rings is 1. The van der Waals surface area contributed by atoms with Crippen LogP contribution in [0.3, 0.4) is 0 Å². The summed E-state index contributed by atoms with van der Waals surface area (Å²) in [6, 6.07) is 7.88. The van der Waals surface area contributed by atoms with Crippen molar-refractivity contribution in [2.24, 2.45) is 13.0 Å². The van der Waals surface area contributed by atoms with Crippen LogP contribution in [0.4, 0.5) is 4.79 Å². The molecule has 0 bridgehead atoms. The van der Waals surface area contributed by atoms with Crippen molar-refractivity contribution < 1.29 is 19.0 Å². The van der Waals surface area contributed by atoms with E-state index < -0.39 is 5.60 Å². The lowest BCUT2D eigenvalue weighted by molar-refractivity contribution is 0.0184. The first kappa shape index (κ1) is 25.1. The molecule has 7 nitrogen and oxygen atoms in total. The van der Waals surface area contributed by atoms with Gasteiger partial charge in [-0.2, -0.15) is 0 Å². The maximum absolute atomic E-state index is 12.9. The van der Waals surface area contributed by atoms with Crippen molar-refractivity contribution in [1.82, 2.24) is 9.47 Å². The molecule has 1 aromatic carbocycles. The summed E-state index contributed by atoms with van der Waals surface area (Å²) in [5.41, 5.74) is 1.50. The third-order valence-corrected chi connectivity index (χ3v) is 7.54. The number of carbonyl (C=O) groups is 1. The molecule has 0 saturated carbocycles. The summed E-state index contributed by atoms with van der Waals surface area (Å²) in [6.07, 6.45) is 4.41. The summed E-state index contributed by atoms with van der Waals surface area (Å²) in [7, 11) is 5.02. The quantitative estimate of drug-likeness (QED) is 0.466. The highest BCUT2D eigenvalue weighted by Crippen LogP contribution is 2.38. The number of hydrogen-bond donors (Lipinski definition) is 0. The molecule has 188 valence electrons. The third-order valence-electron chi connectivity index (χ3n) is 6.35. The molecule has 1 saturated heterocycles. The highest BCUT2D eigenvalue weighted by atomic mass is 32.1. The number of hydrogen-bond acceptors (Lipinski definition) is 6. The number of aromatic nitrogens is 1. The minimum Gasteiger partial charge on any atom is -0.493 e. The fraction of sp³-hybridized carbons (Fsp3) is 0.481. The van der Waals surface area contributed by atoms with Gasteiger partial charge >= 0.3 is 6.09 Å². The molecule has 1 amide bonds. The van der Waals surface area contributed by atoms with E-state index in [-0.39, 0.29) is 11.7 Å². The van der Waals surface area contributed by atoms with Gasteiger partial charge in [0, 0.05) is 41.5 Å². The van der Waals surface area contributed by atoms with Crippen molar-refractivity contribution >= 4 is 27.5 Å². The summed E-state index contributed by atoms with van der Waals surface area (Å²) >= 11 is 1.68.